The van der Waals surface area contributed by atoms with E-state index in [-0.39, 0.29) is 11.4 Å². The topological polar surface area (TPSA) is 78.2 Å². The molecule has 2 N–H and O–H groups in total. The van der Waals surface area contributed by atoms with Crippen molar-refractivity contribution in [1.29, 1.82) is 0 Å². The molecule has 2 heterocycles. The molecule has 2 aromatic heterocycles. The Hall–Kier alpha value is -2.57. The van der Waals surface area contributed by atoms with Crippen LogP contribution in [0.5, 0.6) is 0 Å². The van der Waals surface area contributed by atoms with Gasteiger partial charge in [0.1, 0.15) is 11.0 Å². The highest BCUT2D eigenvalue weighted by Gasteiger charge is 2.13. The molecule has 0 saturated carbocycles. The third-order valence-corrected chi connectivity index (χ3v) is 4.18. The number of nitrogen functional groups attached to an aromatic ring is 1. The van der Waals surface area contributed by atoms with Crippen LogP contribution >= 0.6 is 23.2 Å². The molecule has 0 atom stereocenters. The van der Waals surface area contributed by atoms with Crippen LogP contribution in [0, 0.1) is 13.8 Å². The van der Waals surface area contributed by atoms with Crippen LogP contribution in [0.4, 0.5) is 5.82 Å². The van der Waals surface area contributed by atoms with Gasteiger partial charge in [0, 0.05) is 11.1 Å². The second-order valence-electron chi connectivity index (χ2n) is 5.53. The van der Waals surface area contributed by atoms with E-state index >= 15 is 0 Å². The summed E-state index contributed by atoms with van der Waals surface area (Å²) in [7, 11) is 0. The Labute approximate surface area is 154 Å². The number of anilines is 1. The van der Waals surface area contributed by atoms with Gasteiger partial charge in [-0.25, -0.2) is 4.68 Å². The number of nitrogens with two attached hydrogens (primary N) is 1. The summed E-state index contributed by atoms with van der Waals surface area (Å²) in [5.41, 5.74) is 8.30. The lowest BCUT2D eigenvalue weighted by molar-refractivity contribution is 0.843. The average Bonchev–Trinajstić information content (AvgIpc) is 2.81. The summed E-state index contributed by atoms with van der Waals surface area (Å²) < 4.78 is 2.67. The Morgan fingerprint density at radius 2 is 1.96 bits per heavy atom. The van der Waals surface area contributed by atoms with Crippen molar-refractivity contribution in [2.45, 2.75) is 13.8 Å². The molecular weight excluding hydrogens is 361 g/mol. The molecule has 0 unspecified atom stereocenters. The number of benzene rings is 1. The molecule has 3 rings (SSSR count). The summed E-state index contributed by atoms with van der Waals surface area (Å²) >= 11 is 12.5. The maximum atomic E-state index is 12.0. The number of hydrogen-bond donors (Lipinski definition) is 1. The molecule has 3 aromatic rings. The van der Waals surface area contributed by atoms with Crippen LogP contribution in [0.1, 0.15) is 16.8 Å². The summed E-state index contributed by atoms with van der Waals surface area (Å²) in [5.74, 6) is 0.247. The van der Waals surface area contributed by atoms with Gasteiger partial charge in [-0.2, -0.15) is 14.9 Å². The Kier molecular flexibility index (Phi) is 4.65. The molecule has 0 saturated heterocycles. The van der Waals surface area contributed by atoms with Crippen LogP contribution in [-0.4, -0.2) is 20.7 Å². The standard InChI is InChI=1S/C17H15Cl2N5O/c1-10-6-15(20)24(16(25)7-10)21-9-14-11(2)22-23(17(14)19)13-5-3-4-12(18)8-13/h3-9H,20H2,1-2H3/b21-9-. The van der Waals surface area contributed by atoms with Crippen molar-refractivity contribution in [3.8, 4) is 5.69 Å². The second-order valence-corrected chi connectivity index (χ2v) is 6.33. The van der Waals surface area contributed by atoms with Crippen LogP contribution < -0.4 is 11.3 Å². The molecule has 1 aromatic carbocycles. The predicted molar refractivity (Wildman–Crippen MR) is 101 cm³/mol. The SMILES string of the molecule is Cc1cc(N)n(/N=C\c2c(C)nn(-c3cccc(Cl)c3)c2Cl)c(=O)c1. The normalized spacial score (nSPS) is 11.4. The Morgan fingerprint density at radius 3 is 2.64 bits per heavy atom. The zero-order chi connectivity index (χ0) is 18.1. The van der Waals surface area contributed by atoms with E-state index in [1.807, 2.05) is 12.1 Å². The third kappa shape index (κ3) is 3.45. The lowest BCUT2D eigenvalue weighted by atomic mass is 10.3. The van der Waals surface area contributed by atoms with Gasteiger partial charge in [0.15, 0.2) is 0 Å². The van der Waals surface area contributed by atoms with Gasteiger partial charge in [-0.05, 0) is 43.7 Å². The van der Waals surface area contributed by atoms with Crippen molar-refractivity contribution in [1.82, 2.24) is 14.5 Å². The smallest absolute Gasteiger partial charge is 0.273 e. The fourth-order valence-electron chi connectivity index (χ4n) is 2.40. The van der Waals surface area contributed by atoms with E-state index in [9.17, 15) is 4.79 Å². The van der Waals surface area contributed by atoms with Gasteiger partial charge in [-0.1, -0.05) is 29.3 Å². The maximum Gasteiger partial charge on any atom is 0.273 e. The molecule has 8 heteroatoms. The molecule has 0 fully saturated rings. The number of aromatic nitrogens is 3. The summed E-state index contributed by atoms with van der Waals surface area (Å²) in [6, 6.07) is 10.3. The quantitative estimate of drug-likeness (QED) is 0.712. The van der Waals surface area contributed by atoms with Crippen molar-refractivity contribution >= 4 is 35.2 Å². The van der Waals surface area contributed by atoms with Crippen LogP contribution in [0.3, 0.4) is 0 Å². The second kappa shape index (κ2) is 6.74. The van der Waals surface area contributed by atoms with Gasteiger partial charge >= 0.3 is 0 Å². The largest absolute Gasteiger partial charge is 0.384 e. The fraction of sp³-hybridized carbons (Fsp3) is 0.118. The maximum absolute atomic E-state index is 12.0. The highest BCUT2D eigenvalue weighted by molar-refractivity contribution is 6.32. The van der Waals surface area contributed by atoms with Crippen molar-refractivity contribution in [3.05, 3.63) is 73.7 Å². The fourth-order valence-corrected chi connectivity index (χ4v) is 2.90. The molecule has 6 nitrogen and oxygen atoms in total. The molecule has 128 valence electrons. The average molecular weight is 376 g/mol. The molecule has 25 heavy (non-hydrogen) atoms. The van der Waals surface area contributed by atoms with Gasteiger partial charge in [-0.15, -0.1) is 0 Å². The molecule has 0 aliphatic heterocycles. The highest BCUT2D eigenvalue weighted by Crippen LogP contribution is 2.23. The lowest BCUT2D eigenvalue weighted by Gasteiger charge is -2.04. The molecule has 0 bridgehead atoms. The summed E-state index contributed by atoms with van der Waals surface area (Å²) in [6.07, 6.45) is 1.47. The van der Waals surface area contributed by atoms with E-state index in [2.05, 4.69) is 10.2 Å². The third-order valence-electron chi connectivity index (χ3n) is 3.58. The van der Waals surface area contributed by atoms with E-state index in [0.717, 1.165) is 15.9 Å². The van der Waals surface area contributed by atoms with Crippen molar-refractivity contribution < 1.29 is 0 Å². The van der Waals surface area contributed by atoms with Gasteiger partial charge in [0.05, 0.1) is 23.2 Å². The van der Waals surface area contributed by atoms with Crippen molar-refractivity contribution in [3.63, 3.8) is 0 Å². The summed E-state index contributed by atoms with van der Waals surface area (Å²) in [4.78, 5) is 12.0. The van der Waals surface area contributed by atoms with E-state index < -0.39 is 0 Å². The Balaban J connectivity index is 2.04. The minimum absolute atomic E-state index is 0.247. The number of rotatable bonds is 3. The molecular formula is C17H15Cl2N5O. The van der Waals surface area contributed by atoms with Crippen molar-refractivity contribution in [2.24, 2.45) is 5.10 Å². The van der Waals surface area contributed by atoms with E-state index in [0.29, 0.717) is 21.4 Å². The molecule has 0 spiro atoms. The number of nitrogens with zero attached hydrogens (tertiary/aromatic N) is 4. The molecule has 0 aliphatic carbocycles. The van der Waals surface area contributed by atoms with Crippen LogP contribution in [0.2, 0.25) is 10.2 Å². The summed E-state index contributed by atoms with van der Waals surface area (Å²) in [5, 5.41) is 9.50. The zero-order valence-corrected chi connectivity index (χ0v) is 15.1. The minimum atomic E-state index is -0.315. The number of pyridine rings is 1. The van der Waals surface area contributed by atoms with E-state index in [1.165, 1.54) is 12.3 Å². The molecule has 0 radical (unpaired) electrons. The van der Waals surface area contributed by atoms with Crippen LogP contribution in [0.25, 0.3) is 5.69 Å². The van der Waals surface area contributed by atoms with Gasteiger partial charge in [0.25, 0.3) is 5.56 Å². The first kappa shape index (κ1) is 17.3. The van der Waals surface area contributed by atoms with E-state index in [1.54, 1.807) is 36.7 Å². The van der Waals surface area contributed by atoms with E-state index in [4.69, 9.17) is 28.9 Å². The van der Waals surface area contributed by atoms with Crippen molar-refractivity contribution in [2.75, 3.05) is 5.73 Å². The van der Waals surface area contributed by atoms with Gasteiger partial charge in [-0.3, -0.25) is 4.79 Å². The number of hydrogen-bond acceptors (Lipinski definition) is 4. The Morgan fingerprint density at radius 1 is 1.20 bits per heavy atom. The number of halogens is 2. The lowest BCUT2D eigenvalue weighted by Crippen LogP contribution is -2.19. The monoisotopic (exact) mass is 375 g/mol. The first-order valence-corrected chi connectivity index (χ1v) is 8.17. The van der Waals surface area contributed by atoms with Crippen LogP contribution in [0.15, 0.2) is 46.3 Å². The van der Waals surface area contributed by atoms with Crippen LogP contribution in [-0.2, 0) is 0 Å². The molecule has 0 aliphatic rings. The Bertz CT molecular complexity index is 1040. The predicted octanol–water partition coefficient (Wildman–Crippen LogP) is 3.42. The zero-order valence-electron chi connectivity index (χ0n) is 13.6. The molecule has 0 amide bonds. The number of aryl methyl sites for hydroxylation is 2. The van der Waals surface area contributed by atoms with Gasteiger partial charge < -0.3 is 5.73 Å². The van der Waals surface area contributed by atoms with Gasteiger partial charge in [0.2, 0.25) is 0 Å². The first-order valence-electron chi connectivity index (χ1n) is 7.41. The summed E-state index contributed by atoms with van der Waals surface area (Å²) in [6.45, 7) is 3.59. The highest BCUT2D eigenvalue weighted by atomic mass is 35.5. The first-order chi connectivity index (χ1) is 11.9. The minimum Gasteiger partial charge on any atom is -0.384 e.